The van der Waals surface area contributed by atoms with Crippen LogP contribution in [-0.2, 0) is 4.79 Å². The molecule has 0 amide bonds. The van der Waals surface area contributed by atoms with Gasteiger partial charge < -0.3 is 10.4 Å². The fraction of sp³-hybridized carbons (Fsp3) is 0.364. The molecule has 0 radical (unpaired) electrons. The maximum absolute atomic E-state index is 11.0. The number of nitrogens with one attached hydrogen (secondary N) is 1. The van der Waals surface area contributed by atoms with Crippen LogP contribution >= 0.6 is 22.6 Å². The summed E-state index contributed by atoms with van der Waals surface area (Å²) < 4.78 is 1.18. The number of carbonyl (C=O) groups is 1. The highest BCUT2D eigenvalue weighted by Gasteiger charge is 2.33. The first-order valence-electron chi connectivity index (χ1n) is 4.87. The van der Waals surface area contributed by atoms with Crippen molar-refractivity contribution in [3.63, 3.8) is 0 Å². The van der Waals surface area contributed by atoms with E-state index in [1.54, 1.807) is 0 Å². The largest absolute Gasteiger partial charge is 0.481 e. The Morgan fingerprint density at radius 1 is 1.33 bits per heavy atom. The van der Waals surface area contributed by atoms with Crippen LogP contribution in [0.2, 0.25) is 0 Å². The molecule has 2 atom stereocenters. The summed E-state index contributed by atoms with van der Waals surface area (Å²) in [5.41, 5.74) is 1.12. The molecule has 80 valence electrons. The van der Waals surface area contributed by atoms with Gasteiger partial charge in [0.25, 0.3) is 0 Å². The van der Waals surface area contributed by atoms with Gasteiger partial charge in [-0.05, 0) is 40.3 Å². The van der Waals surface area contributed by atoms with Crippen LogP contribution in [0.4, 0.5) is 0 Å². The van der Waals surface area contributed by atoms with Crippen molar-refractivity contribution in [2.75, 3.05) is 13.1 Å². The Bertz CT molecular complexity index is 363. The van der Waals surface area contributed by atoms with Gasteiger partial charge >= 0.3 is 5.97 Å². The third-order valence-corrected chi connectivity index (χ3v) is 3.55. The van der Waals surface area contributed by atoms with Crippen LogP contribution in [0.25, 0.3) is 0 Å². The average Bonchev–Trinajstić information content (AvgIpc) is 2.67. The Hall–Kier alpha value is -0.620. The zero-order valence-corrected chi connectivity index (χ0v) is 10.3. The van der Waals surface area contributed by atoms with Gasteiger partial charge in [0.2, 0.25) is 0 Å². The fourth-order valence-corrected chi connectivity index (χ4v) is 2.36. The minimum absolute atomic E-state index is 0.111. The lowest BCUT2D eigenvalue weighted by Crippen LogP contribution is -2.20. The van der Waals surface area contributed by atoms with Crippen LogP contribution in [0.3, 0.4) is 0 Å². The number of rotatable bonds is 2. The first-order valence-corrected chi connectivity index (χ1v) is 5.95. The Balaban J connectivity index is 2.22. The molecule has 1 heterocycles. The predicted molar refractivity (Wildman–Crippen MR) is 65.9 cm³/mol. The molecule has 1 aromatic rings. The number of halogens is 1. The maximum Gasteiger partial charge on any atom is 0.308 e. The minimum Gasteiger partial charge on any atom is -0.481 e. The molecule has 1 aliphatic rings. The van der Waals surface area contributed by atoms with E-state index in [2.05, 4.69) is 27.9 Å². The summed E-state index contributed by atoms with van der Waals surface area (Å²) in [6.45, 7) is 1.34. The summed E-state index contributed by atoms with van der Waals surface area (Å²) in [5.74, 6) is -0.881. The summed E-state index contributed by atoms with van der Waals surface area (Å²) in [4.78, 5) is 11.0. The summed E-state index contributed by atoms with van der Waals surface area (Å²) in [5, 5.41) is 12.2. The number of hydrogen-bond acceptors (Lipinski definition) is 2. The molecule has 1 unspecified atom stereocenters. The lowest BCUT2D eigenvalue weighted by Gasteiger charge is -2.14. The topological polar surface area (TPSA) is 49.3 Å². The van der Waals surface area contributed by atoms with Crippen LogP contribution in [0.15, 0.2) is 24.3 Å². The van der Waals surface area contributed by atoms with E-state index in [0.717, 1.165) is 12.1 Å². The van der Waals surface area contributed by atoms with E-state index in [9.17, 15) is 4.79 Å². The molecule has 2 rings (SSSR count). The van der Waals surface area contributed by atoms with E-state index in [4.69, 9.17) is 5.11 Å². The van der Waals surface area contributed by atoms with Gasteiger partial charge in [0, 0.05) is 22.6 Å². The van der Waals surface area contributed by atoms with Crippen molar-refractivity contribution in [2.24, 2.45) is 5.92 Å². The van der Waals surface area contributed by atoms with Crippen molar-refractivity contribution in [3.05, 3.63) is 33.4 Å². The highest BCUT2D eigenvalue weighted by Crippen LogP contribution is 2.28. The molecular weight excluding hydrogens is 305 g/mol. The average molecular weight is 317 g/mol. The summed E-state index contributed by atoms with van der Waals surface area (Å²) in [6, 6.07) is 8.09. The molecule has 0 aromatic heterocycles. The molecule has 0 spiro atoms. The molecule has 3 nitrogen and oxygen atoms in total. The lowest BCUT2D eigenvalue weighted by atomic mass is 9.89. The number of aliphatic carboxylic acids is 1. The Labute approximate surface area is 102 Å². The second kappa shape index (κ2) is 4.49. The molecule has 1 fully saturated rings. The number of benzene rings is 1. The van der Waals surface area contributed by atoms with E-state index >= 15 is 0 Å². The first-order chi connectivity index (χ1) is 7.18. The Kier molecular flexibility index (Phi) is 3.25. The van der Waals surface area contributed by atoms with Gasteiger partial charge in [0.05, 0.1) is 5.92 Å². The number of hydrogen-bond donors (Lipinski definition) is 2. The highest BCUT2D eigenvalue weighted by atomic mass is 127. The molecule has 15 heavy (non-hydrogen) atoms. The number of carboxylic acid groups (broad SMARTS) is 1. The van der Waals surface area contributed by atoms with Crippen molar-refractivity contribution < 1.29 is 9.90 Å². The van der Waals surface area contributed by atoms with Crippen LogP contribution in [-0.4, -0.2) is 24.2 Å². The van der Waals surface area contributed by atoms with Gasteiger partial charge in [-0.1, -0.05) is 12.1 Å². The highest BCUT2D eigenvalue weighted by molar-refractivity contribution is 14.1. The van der Waals surface area contributed by atoms with Gasteiger partial charge in [0.15, 0.2) is 0 Å². The second-order valence-electron chi connectivity index (χ2n) is 3.76. The van der Waals surface area contributed by atoms with E-state index in [1.165, 1.54) is 3.57 Å². The SMILES string of the molecule is O=C(O)[C@H]1CNCC1c1ccc(I)cc1. The molecule has 0 bridgehead atoms. The molecule has 2 N–H and O–H groups in total. The summed E-state index contributed by atoms with van der Waals surface area (Å²) in [6.07, 6.45) is 0. The molecular formula is C11H12INO2. The van der Waals surface area contributed by atoms with Crippen molar-refractivity contribution >= 4 is 28.6 Å². The minimum atomic E-state index is -0.705. The van der Waals surface area contributed by atoms with Crippen LogP contribution in [0.1, 0.15) is 11.5 Å². The van der Waals surface area contributed by atoms with Crippen LogP contribution < -0.4 is 5.32 Å². The summed E-state index contributed by atoms with van der Waals surface area (Å²) in [7, 11) is 0. The fourth-order valence-electron chi connectivity index (χ4n) is 2.00. The molecule has 0 aliphatic carbocycles. The van der Waals surface area contributed by atoms with Crippen LogP contribution in [0.5, 0.6) is 0 Å². The van der Waals surface area contributed by atoms with Gasteiger partial charge in [-0.25, -0.2) is 0 Å². The zero-order valence-electron chi connectivity index (χ0n) is 8.11. The van der Waals surface area contributed by atoms with Gasteiger partial charge in [-0.3, -0.25) is 4.79 Å². The first kappa shape index (κ1) is 10.9. The maximum atomic E-state index is 11.0. The Morgan fingerprint density at radius 2 is 2.00 bits per heavy atom. The zero-order chi connectivity index (χ0) is 10.8. The second-order valence-corrected chi connectivity index (χ2v) is 5.01. The number of carboxylic acids is 1. The molecule has 1 saturated heterocycles. The quantitative estimate of drug-likeness (QED) is 0.816. The van der Waals surface area contributed by atoms with Gasteiger partial charge in [0.1, 0.15) is 0 Å². The van der Waals surface area contributed by atoms with Crippen LogP contribution in [0, 0.1) is 9.49 Å². The third kappa shape index (κ3) is 2.31. The van der Waals surface area contributed by atoms with Gasteiger partial charge in [-0.2, -0.15) is 0 Å². The lowest BCUT2D eigenvalue weighted by molar-refractivity contribution is -0.141. The third-order valence-electron chi connectivity index (χ3n) is 2.83. The molecule has 1 aromatic carbocycles. The van der Waals surface area contributed by atoms with Crippen molar-refractivity contribution in [3.8, 4) is 0 Å². The van der Waals surface area contributed by atoms with Crippen molar-refractivity contribution in [1.29, 1.82) is 0 Å². The molecule has 4 heteroatoms. The molecule has 1 aliphatic heterocycles. The van der Waals surface area contributed by atoms with Gasteiger partial charge in [-0.15, -0.1) is 0 Å². The predicted octanol–water partition coefficient (Wildman–Crippen LogP) is 1.68. The summed E-state index contributed by atoms with van der Waals surface area (Å²) >= 11 is 2.25. The Morgan fingerprint density at radius 3 is 2.60 bits per heavy atom. The smallest absolute Gasteiger partial charge is 0.308 e. The monoisotopic (exact) mass is 317 g/mol. The van der Waals surface area contributed by atoms with E-state index in [-0.39, 0.29) is 11.8 Å². The van der Waals surface area contributed by atoms with Crippen molar-refractivity contribution in [1.82, 2.24) is 5.32 Å². The van der Waals surface area contributed by atoms with Crippen molar-refractivity contribution in [2.45, 2.75) is 5.92 Å². The van der Waals surface area contributed by atoms with E-state index < -0.39 is 5.97 Å². The van der Waals surface area contributed by atoms with E-state index in [0.29, 0.717) is 6.54 Å². The normalized spacial score (nSPS) is 25.4. The van der Waals surface area contributed by atoms with E-state index in [1.807, 2.05) is 24.3 Å². The molecule has 0 saturated carbocycles. The standard InChI is InChI=1S/C11H12INO2/c12-8-3-1-7(2-4-8)9-5-13-6-10(9)11(14)15/h1-4,9-10,13H,5-6H2,(H,14,15)/t9?,10-/m0/s1.